The van der Waals surface area contributed by atoms with Gasteiger partial charge >= 0.3 is 0 Å². The van der Waals surface area contributed by atoms with Gasteiger partial charge < -0.3 is 4.90 Å². The summed E-state index contributed by atoms with van der Waals surface area (Å²) in [5.41, 5.74) is 0.754. The Bertz CT molecular complexity index is 497. The lowest BCUT2D eigenvalue weighted by atomic mass is 10.3. The average molecular weight is 270 g/mol. The summed E-state index contributed by atoms with van der Waals surface area (Å²) in [5.74, 6) is -0.387. The Hall–Kier alpha value is -1.40. The van der Waals surface area contributed by atoms with Crippen molar-refractivity contribution in [1.29, 1.82) is 0 Å². The maximum absolute atomic E-state index is 11.9. The van der Waals surface area contributed by atoms with Crippen LogP contribution in [-0.2, 0) is 14.8 Å². The molecule has 1 aromatic rings. The predicted octanol–water partition coefficient (Wildman–Crippen LogP) is 0.931. The van der Waals surface area contributed by atoms with Crippen LogP contribution in [0.25, 0.3) is 0 Å². The molecule has 100 valence electrons. The number of anilines is 1. The van der Waals surface area contributed by atoms with Crippen molar-refractivity contribution in [3.8, 4) is 0 Å². The molecule has 0 heterocycles. The van der Waals surface area contributed by atoms with Crippen molar-refractivity contribution in [1.82, 2.24) is 4.31 Å². The van der Waals surface area contributed by atoms with Crippen LogP contribution in [0.15, 0.2) is 30.3 Å². The van der Waals surface area contributed by atoms with Gasteiger partial charge in [-0.15, -0.1) is 0 Å². The highest BCUT2D eigenvalue weighted by Gasteiger charge is 2.18. The smallest absolute Gasteiger partial charge is 0.227 e. The number of benzene rings is 1. The molecular weight excluding hydrogens is 252 g/mol. The zero-order valence-corrected chi connectivity index (χ0v) is 11.6. The molecule has 0 aliphatic heterocycles. The van der Waals surface area contributed by atoms with Crippen LogP contribution >= 0.6 is 0 Å². The van der Waals surface area contributed by atoms with Crippen LogP contribution in [-0.4, -0.2) is 45.5 Å². The van der Waals surface area contributed by atoms with Gasteiger partial charge in [0.2, 0.25) is 15.9 Å². The molecule has 0 aliphatic carbocycles. The van der Waals surface area contributed by atoms with Crippen molar-refractivity contribution in [3.05, 3.63) is 30.3 Å². The van der Waals surface area contributed by atoms with E-state index in [1.165, 1.54) is 19.0 Å². The van der Waals surface area contributed by atoms with Gasteiger partial charge in [0.15, 0.2) is 0 Å². The van der Waals surface area contributed by atoms with Crippen LogP contribution in [0, 0.1) is 0 Å². The molecule has 0 aromatic heterocycles. The third kappa shape index (κ3) is 3.82. The molecule has 0 fully saturated rings. The van der Waals surface area contributed by atoms with Crippen molar-refractivity contribution < 1.29 is 13.2 Å². The number of amides is 1. The summed E-state index contributed by atoms with van der Waals surface area (Å²) in [6.07, 6.45) is -0.0219. The van der Waals surface area contributed by atoms with Crippen LogP contribution in [0.5, 0.6) is 0 Å². The summed E-state index contributed by atoms with van der Waals surface area (Å²) in [5, 5.41) is 0. The van der Waals surface area contributed by atoms with Crippen LogP contribution in [0.2, 0.25) is 0 Å². The van der Waals surface area contributed by atoms with Crippen LogP contribution < -0.4 is 4.90 Å². The molecular formula is C12H18N2O3S. The van der Waals surface area contributed by atoms with Crippen molar-refractivity contribution in [2.45, 2.75) is 6.42 Å². The van der Waals surface area contributed by atoms with Crippen molar-refractivity contribution in [2.75, 3.05) is 31.8 Å². The Kier molecular flexibility index (Phi) is 4.86. The zero-order valence-electron chi connectivity index (χ0n) is 10.8. The number of rotatable bonds is 5. The van der Waals surface area contributed by atoms with Crippen molar-refractivity contribution in [3.63, 3.8) is 0 Å². The highest BCUT2D eigenvalue weighted by atomic mass is 32.2. The van der Waals surface area contributed by atoms with Crippen LogP contribution in [0.4, 0.5) is 5.69 Å². The lowest BCUT2D eigenvalue weighted by molar-refractivity contribution is -0.117. The largest absolute Gasteiger partial charge is 0.315 e. The zero-order chi connectivity index (χ0) is 13.8. The minimum atomic E-state index is -3.32. The number of para-hydroxylation sites is 1. The standard InChI is InChI=1S/C12H18N2O3S/c1-13(2)18(16,17)10-9-12(15)14(3)11-7-5-4-6-8-11/h4-8H,9-10H2,1-3H3. The molecule has 0 aliphatic rings. The fraction of sp³-hybridized carbons (Fsp3) is 0.417. The topological polar surface area (TPSA) is 57.7 Å². The van der Waals surface area contributed by atoms with Gasteiger partial charge in [-0.25, -0.2) is 12.7 Å². The Balaban J connectivity index is 2.62. The number of carbonyl (C=O) groups is 1. The van der Waals surface area contributed by atoms with E-state index in [1.54, 1.807) is 19.2 Å². The summed E-state index contributed by atoms with van der Waals surface area (Å²) in [6, 6.07) is 9.13. The van der Waals surface area contributed by atoms with Gasteiger partial charge in [0, 0.05) is 33.3 Å². The molecule has 0 saturated carbocycles. The van der Waals surface area contributed by atoms with E-state index in [-0.39, 0.29) is 18.1 Å². The SMILES string of the molecule is CN(C(=O)CCS(=O)(=O)N(C)C)c1ccccc1. The lowest BCUT2D eigenvalue weighted by Gasteiger charge is -2.18. The quantitative estimate of drug-likeness (QED) is 0.800. The molecule has 1 rings (SSSR count). The molecule has 0 atom stereocenters. The second-order valence-corrected chi connectivity index (χ2v) is 6.44. The van der Waals surface area contributed by atoms with Gasteiger partial charge in [-0.05, 0) is 12.1 Å². The van der Waals surface area contributed by atoms with Gasteiger partial charge in [0.05, 0.1) is 5.75 Å². The van der Waals surface area contributed by atoms with Gasteiger partial charge in [-0.2, -0.15) is 0 Å². The van der Waals surface area contributed by atoms with E-state index < -0.39 is 10.0 Å². The number of hydrogen-bond donors (Lipinski definition) is 0. The first kappa shape index (κ1) is 14.7. The first-order chi connectivity index (χ1) is 8.34. The van der Waals surface area contributed by atoms with Crippen LogP contribution in [0.1, 0.15) is 6.42 Å². The van der Waals surface area contributed by atoms with Crippen LogP contribution in [0.3, 0.4) is 0 Å². The first-order valence-corrected chi connectivity index (χ1v) is 7.17. The van der Waals surface area contributed by atoms with E-state index in [1.807, 2.05) is 18.2 Å². The fourth-order valence-electron chi connectivity index (χ4n) is 1.36. The lowest BCUT2D eigenvalue weighted by Crippen LogP contribution is -2.31. The van der Waals surface area contributed by atoms with Gasteiger partial charge in [-0.1, -0.05) is 18.2 Å². The molecule has 0 spiro atoms. The molecule has 6 heteroatoms. The molecule has 0 bridgehead atoms. The maximum Gasteiger partial charge on any atom is 0.227 e. The average Bonchev–Trinajstić information content (AvgIpc) is 2.36. The van der Waals surface area contributed by atoms with E-state index >= 15 is 0 Å². The van der Waals surface area contributed by atoms with Crippen molar-refractivity contribution >= 4 is 21.6 Å². The summed E-state index contributed by atoms with van der Waals surface area (Å²) >= 11 is 0. The normalized spacial score (nSPS) is 11.6. The molecule has 18 heavy (non-hydrogen) atoms. The Morgan fingerprint density at radius 3 is 2.17 bits per heavy atom. The molecule has 0 N–H and O–H groups in total. The molecule has 5 nitrogen and oxygen atoms in total. The Labute approximate surface area is 108 Å². The predicted molar refractivity (Wildman–Crippen MR) is 71.9 cm³/mol. The summed E-state index contributed by atoms with van der Waals surface area (Å²) in [6.45, 7) is 0. The second-order valence-electron chi connectivity index (χ2n) is 4.14. The number of carbonyl (C=O) groups excluding carboxylic acids is 1. The van der Waals surface area contributed by atoms with Gasteiger partial charge in [0.25, 0.3) is 0 Å². The van der Waals surface area contributed by atoms with Gasteiger partial charge in [-0.3, -0.25) is 4.79 Å². The molecule has 1 amide bonds. The molecule has 1 aromatic carbocycles. The van der Waals surface area contributed by atoms with E-state index in [0.29, 0.717) is 0 Å². The number of nitrogens with zero attached hydrogens (tertiary/aromatic N) is 2. The monoisotopic (exact) mass is 270 g/mol. The minimum absolute atomic E-state index is 0.0219. The summed E-state index contributed by atoms with van der Waals surface area (Å²) in [4.78, 5) is 13.3. The third-order valence-electron chi connectivity index (χ3n) is 2.65. The van der Waals surface area contributed by atoms with E-state index in [9.17, 15) is 13.2 Å². The maximum atomic E-state index is 11.9. The molecule has 0 unspecified atom stereocenters. The van der Waals surface area contributed by atoms with E-state index in [2.05, 4.69) is 0 Å². The Morgan fingerprint density at radius 1 is 1.11 bits per heavy atom. The fourth-order valence-corrected chi connectivity index (χ4v) is 2.16. The summed E-state index contributed by atoms with van der Waals surface area (Å²) in [7, 11) is 1.23. The first-order valence-electron chi connectivity index (χ1n) is 5.56. The molecule has 0 radical (unpaired) electrons. The van der Waals surface area contributed by atoms with E-state index in [4.69, 9.17) is 0 Å². The molecule has 0 saturated heterocycles. The highest BCUT2D eigenvalue weighted by Crippen LogP contribution is 2.12. The minimum Gasteiger partial charge on any atom is -0.315 e. The second kappa shape index (κ2) is 5.97. The van der Waals surface area contributed by atoms with E-state index in [0.717, 1.165) is 9.99 Å². The van der Waals surface area contributed by atoms with Crippen molar-refractivity contribution in [2.24, 2.45) is 0 Å². The third-order valence-corrected chi connectivity index (χ3v) is 4.48. The Morgan fingerprint density at radius 2 is 1.67 bits per heavy atom. The summed E-state index contributed by atoms with van der Waals surface area (Å²) < 4.78 is 24.2. The number of sulfonamides is 1. The highest BCUT2D eigenvalue weighted by molar-refractivity contribution is 7.89. The number of hydrogen-bond acceptors (Lipinski definition) is 3. The van der Waals surface area contributed by atoms with Gasteiger partial charge in [0.1, 0.15) is 0 Å².